The van der Waals surface area contributed by atoms with E-state index in [1.165, 1.54) is 0 Å². The minimum atomic E-state index is -0.262. The Morgan fingerprint density at radius 2 is 1.86 bits per heavy atom. The SMILES string of the molecule is CCC(C)C(O)C(C)c1ccncc1. The first-order valence-electron chi connectivity index (χ1n) is 5.24. The van der Waals surface area contributed by atoms with Crippen molar-refractivity contribution in [1.82, 2.24) is 4.98 Å². The number of aromatic nitrogens is 1. The van der Waals surface area contributed by atoms with Gasteiger partial charge in [-0.25, -0.2) is 0 Å². The molecule has 0 radical (unpaired) electrons. The van der Waals surface area contributed by atoms with Crippen molar-refractivity contribution in [2.45, 2.75) is 39.2 Å². The third-order valence-corrected chi connectivity index (χ3v) is 2.97. The number of rotatable bonds is 4. The lowest BCUT2D eigenvalue weighted by atomic mass is 9.87. The summed E-state index contributed by atoms with van der Waals surface area (Å²) in [5, 5.41) is 10.0. The maximum Gasteiger partial charge on any atom is 0.0631 e. The first kappa shape index (κ1) is 11.2. The lowest BCUT2D eigenvalue weighted by molar-refractivity contribution is 0.0918. The molecule has 0 fully saturated rings. The van der Waals surface area contributed by atoms with Crippen LogP contribution in [0.4, 0.5) is 0 Å². The summed E-state index contributed by atoms with van der Waals surface area (Å²) < 4.78 is 0. The van der Waals surface area contributed by atoms with Gasteiger partial charge in [0, 0.05) is 18.3 Å². The molecule has 0 saturated carbocycles. The number of nitrogens with zero attached hydrogens (tertiary/aromatic N) is 1. The quantitative estimate of drug-likeness (QED) is 0.797. The van der Waals surface area contributed by atoms with Crippen molar-refractivity contribution in [1.29, 1.82) is 0 Å². The molecule has 0 amide bonds. The smallest absolute Gasteiger partial charge is 0.0631 e. The Balaban J connectivity index is 2.70. The van der Waals surface area contributed by atoms with Gasteiger partial charge in [0.15, 0.2) is 0 Å². The van der Waals surface area contributed by atoms with Gasteiger partial charge in [-0.1, -0.05) is 27.2 Å². The largest absolute Gasteiger partial charge is 0.392 e. The molecule has 1 rings (SSSR count). The first-order chi connectivity index (χ1) is 6.66. The summed E-state index contributed by atoms with van der Waals surface area (Å²) >= 11 is 0. The van der Waals surface area contributed by atoms with E-state index < -0.39 is 0 Å². The number of aliphatic hydroxyl groups excluding tert-OH is 1. The van der Waals surface area contributed by atoms with Gasteiger partial charge in [0.25, 0.3) is 0 Å². The fourth-order valence-corrected chi connectivity index (χ4v) is 1.60. The molecule has 2 nitrogen and oxygen atoms in total. The van der Waals surface area contributed by atoms with Gasteiger partial charge in [-0.2, -0.15) is 0 Å². The van der Waals surface area contributed by atoms with Crippen molar-refractivity contribution < 1.29 is 5.11 Å². The average molecular weight is 193 g/mol. The Hall–Kier alpha value is -0.890. The molecular formula is C12H19NO. The van der Waals surface area contributed by atoms with Crippen LogP contribution >= 0.6 is 0 Å². The van der Waals surface area contributed by atoms with Gasteiger partial charge in [-0.05, 0) is 23.6 Å². The van der Waals surface area contributed by atoms with Crippen molar-refractivity contribution in [2.75, 3.05) is 0 Å². The summed E-state index contributed by atoms with van der Waals surface area (Å²) in [4.78, 5) is 3.97. The second-order valence-corrected chi connectivity index (χ2v) is 3.95. The molecule has 0 spiro atoms. The van der Waals surface area contributed by atoms with Crippen molar-refractivity contribution in [3.63, 3.8) is 0 Å². The van der Waals surface area contributed by atoms with E-state index in [2.05, 4.69) is 25.8 Å². The van der Waals surface area contributed by atoms with Crippen LogP contribution in [-0.2, 0) is 0 Å². The highest BCUT2D eigenvalue weighted by molar-refractivity contribution is 5.16. The van der Waals surface area contributed by atoms with Crippen LogP contribution < -0.4 is 0 Å². The highest BCUT2D eigenvalue weighted by Gasteiger charge is 2.20. The zero-order valence-corrected chi connectivity index (χ0v) is 9.14. The van der Waals surface area contributed by atoms with Crippen LogP contribution in [0, 0.1) is 5.92 Å². The van der Waals surface area contributed by atoms with Crippen LogP contribution in [0.5, 0.6) is 0 Å². The molecule has 0 aliphatic rings. The summed E-state index contributed by atoms with van der Waals surface area (Å²) in [7, 11) is 0. The monoisotopic (exact) mass is 193 g/mol. The van der Waals surface area contributed by atoms with Crippen LogP contribution in [0.15, 0.2) is 24.5 Å². The van der Waals surface area contributed by atoms with Crippen LogP contribution in [0.25, 0.3) is 0 Å². The fourth-order valence-electron chi connectivity index (χ4n) is 1.60. The fraction of sp³-hybridized carbons (Fsp3) is 0.583. The number of pyridine rings is 1. The van der Waals surface area contributed by atoms with E-state index >= 15 is 0 Å². The lowest BCUT2D eigenvalue weighted by Crippen LogP contribution is -2.23. The van der Waals surface area contributed by atoms with Crippen molar-refractivity contribution in [2.24, 2.45) is 5.92 Å². The van der Waals surface area contributed by atoms with Crippen molar-refractivity contribution in [3.05, 3.63) is 30.1 Å². The highest BCUT2D eigenvalue weighted by atomic mass is 16.3. The molecule has 0 saturated heterocycles. The molecule has 3 unspecified atom stereocenters. The second-order valence-electron chi connectivity index (χ2n) is 3.95. The van der Waals surface area contributed by atoms with Gasteiger partial charge in [0.05, 0.1) is 6.10 Å². The Morgan fingerprint density at radius 1 is 1.29 bits per heavy atom. The zero-order chi connectivity index (χ0) is 10.6. The topological polar surface area (TPSA) is 33.1 Å². The maximum atomic E-state index is 10.0. The maximum absolute atomic E-state index is 10.0. The number of aliphatic hydroxyl groups is 1. The van der Waals surface area contributed by atoms with E-state index in [4.69, 9.17) is 0 Å². The summed E-state index contributed by atoms with van der Waals surface area (Å²) in [6.45, 7) is 6.25. The van der Waals surface area contributed by atoms with Gasteiger partial charge in [-0.3, -0.25) is 4.98 Å². The normalized spacial score (nSPS) is 17.4. The molecule has 1 aromatic rings. The minimum Gasteiger partial charge on any atom is -0.392 e. The number of hydrogen-bond acceptors (Lipinski definition) is 2. The van der Waals surface area contributed by atoms with Gasteiger partial charge < -0.3 is 5.11 Å². The van der Waals surface area contributed by atoms with Gasteiger partial charge >= 0.3 is 0 Å². The molecule has 1 heterocycles. The van der Waals surface area contributed by atoms with Crippen LogP contribution in [0.1, 0.15) is 38.7 Å². The molecule has 0 aromatic carbocycles. The molecular weight excluding hydrogens is 174 g/mol. The average Bonchev–Trinajstić information content (AvgIpc) is 2.27. The van der Waals surface area contributed by atoms with E-state index in [-0.39, 0.29) is 12.0 Å². The Labute approximate surface area is 86.0 Å². The molecule has 2 heteroatoms. The first-order valence-corrected chi connectivity index (χ1v) is 5.24. The van der Waals surface area contributed by atoms with Crippen LogP contribution in [0.3, 0.4) is 0 Å². The highest BCUT2D eigenvalue weighted by Crippen LogP contribution is 2.24. The molecule has 14 heavy (non-hydrogen) atoms. The van der Waals surface area contributed by atoms with Gasteiger partial charge in [0.2, 0.25) is 0 Å². The minimum absolute atomic E-state index is 0.188. The van der Waals surface area contributed by atoms with E-state index in [9.17, 15) is 5.11 Å². The molecule has 0 aliphatic heterocycles. The molecule has 78 valence electrons. The van der Waals surface area contributed by atoms with Gasteiger partial charge in [0.1, 0.15) is 0 Å². The third-order valence-electron chi connectivity index (χ3n) is 2.97. The molecule has 1 aromatic heterocycles. The van der Waals surface area contributed by atoms with E-state index in [1.807, 2.05) is 12.1 Å². The summed E-state index contributed by atoms with van der Waals surface area (Å²) in [6.07, 6.45) is 4.29. The second kappa shape index (κ2) is 5.11. The molecule has 0 bridgehead atoms. The van der Waals surface area contributed by atoms with Crippen molar-refractivity contribution >= 4 is 0 Å². The summed E-state index contributed by atoms with van der Waals surface area (Å²) in [5.41, 5.74) is 1.16. The Bertz CT molecular complexity index is 260. The standard InChI is InChI=1S/C12H19NO/c1-4-9(2)12(14)10(3)11-5-7-13-8-6-11/h5-10,12,14H,4H2,1-3H3. The Kier molecular flexibility index (Phi) is 4.08. The third kappa shape index (κ3) is 2.55. The molecule has 0 aliphatic carbocycles. The van der Waals surface area contributed by atoms with E-state index in [1.54, 1.807) is 12.4 Å². The zero-order valence-electron chi connectivity index (χ0n) is 9.14. The van der Waals surface area contributed by atoms with E-state index in [0.717, 1.165) is 12.0 Å². The summed E-state index contributed by atoms with van der Waals surface area (Å²) in [6, 6.07) is 3.94. The van der Waals surface area contributed by atoms with Crippen LogP contribution in [-0.4, -0.2) is 16.2 Å². The summed E-state index contributed by atoms with van der Waals surface area (Å²) in [5.74, 6) is 0.533. The van der Waals surface area contributed by atoms with E-state index in [0.29, 0.717) is 5.92 Å². The number of hydrogen-bond donors (Lipinski definition) is 1. The lowest BCUT2D eigenvalue weighted by Gasteiger charge is -2.24. The Morgan fingerprint density at radius 3 is 2.36 bits per heavy atom. The predicted molar refractivity (Wildman–Crippen MR) is 58.1 cm³/mol. The van der Waals surface area contributed by atoms with Crippen LogP contribution in [0.2, 0.25) is 0 Å². The molecule has 3 atom stereocenters. The predicted octanol–water partition coefficient (Wildman–Crippen LogP) is 2.59. The van der Waals surface area contributed by atoms with Gasteiger partial charge in [-0.15, -0.1) is 0 Å². The van der Waals surface area contributed by atoms with Crippen molar-refractivity contribution in [3.8, 4) is 0 Å². The molecule has 1 N–H and O–H groups in total.